The Morgan fingerprint density at radius 2 is 1.56 bits per heavy atom. The number of rotatable bonds is 5. The second-order valence-electron chi connectivity index (χ2n) is 10.9. The van der Waals surface area contributed by atoms with E-state index >= 15 is 0 Å². The van der Waals surface area contributed by atoms with Gasteiger partial charge in [0.05, 0.1) is 22.6 Å². The Bertz CT molecular complexity index is 1520. The number of para-hydroxylation sites is 1. The molecule has 2 saturated heterocycles. The minimum atomic E-state index is -1.20. The number of fused-ring (bicyclic) bond motifs is 1. The van der Waals surface area contributed by atoms with E-state index in [4.69, 9.17) is 9.52 Å². The van der Waals surface area contributed by atoms with Crippen LogP contribution >= 0.6 is 0 Å². The van der Waals surface area contributed by atoms with Crippen LogP contribution in [-0.4, -0.2) is 85.9 Å². The number of piperazine rings is 2. The first-order valence-corrected chi connectivity index (χ1v) is 15.3. The maximum absolute atomic E-state index is 13.0. The van der Waals surface area contributed by atoms with Crippen LogP contribution in [0.4, 0.5) is 11.4 Å². The van der Waals surface area contributed by atoms with Gasteiger partial charge in [-0.1, -0.05) is 12.1 Å². The van der Waals surface area contributed by atoms with Crippen molar-refractivity contribution in [3.05, 3.63) is 65.4 Å². The van der Waals surface area contributed by atoms with Gasteiger partial charge in [0.2, 0.25) is 5.76 Å². The number of carboxylic acids is 1. The first-order valence-electron chi connectivity index (χ1n) is 15.3. The molecule has 7 N–H and O–H groups in total. The van der Waals surface area contributed by atoms with Gasteiger partial charge in [-0.05, 0) is 73.7 Å². The highest BCUT2D eigenvalue weighted by molar-refractivity contribution is 6.71. The molecule has 3 aromatic rings. The van der Waals surface area contributed by atoms with E-state index < -0.39 is 5.97 Å². The molecule has 0 unspecified atom stereocenters. The molecule has 0 atom stereocenters. The van der Waals surface area contributed by atoms with E-state index in [2.05, 4.69) is 36.9 Å². The van der Waals surface area contributed by atoms with Crippen LogP contribution in [0.5, 0.6) is 5.75 Å². The Balaban J connectivity index is 0.000000277. The Labute approximate surface area is 261 Å². The number of carbonyl (C=O) groups is 2. The number of carboxylic acid groups (broad SMARTS) is 1. The predicted octanol–water partition coefficient (Wildman–Crippen LogP) is 2.39. The van der Waals surface area contributed by atoms with Crippen molar-refractivity contribution < 1.29 is 24.2 Å². The molecule has 238 valence electrons. The Kier molecular flexibility index (Phi) is 10.9. The number of anilines is 2. The zero-order valence-corrected chi connectivity index (χ0v) is 25.4. The highest BCUT2D eigenvalue weighted by atomic mass is 16.4. The Morgan fingerprint density at radius 3 is 2.16 bits per heavy atom. The number of furan rings is 1. The fourth-order valence-electron chi connectivity index (χ4n) is 5.24. The summed E-state index contributed by atoms with van der Waals surface area (Å²) in [6, 6.07) is 13.5. The Morgan fingerprint density at radius 1 is 0.911 bits per heavy atom. The molecular weight excluding hydrogens is 576 g/mol. The monoisotopic (exact) mass is 616 g/mol. The van der Waals surface area contributed by atoms with Gasteiger partial charge >= 0.3 is 11.9 Å². The van der Waals surface area contributed by atoms with Crippen LogP contribution in [0.15, 0.2) is 63.2 Å². The van der Waals surface area contributed by atoms with E-state index in [0.29, 0.717) is 11.4 Å². The molecule has 4 heterocycles. The lowest BCUT2D eigenvalue weighted by molar-refractivity contribution is -0.112. The number of phenolic OH excluding ortho intramolecular Hbond substituents is 1. The molecule has 4 aliphatic rings. The van der Waals surface area contributed by atoms with Crippen molar-refractivity contribution in [2.75, 3.05) is 62.8 Å². The molecule has 0 radical (unpaired) electrons. The van der Waals surface area contributed by atoms with Crippen LogP contribution in [0, 0.1) is 0 Å². The van der Waals surface area contributed by atoms with E-state index in [1.54, 1.807) is 25.1 Å². The molecule has 7 rings (SSSR count). The summed E-state index contributed by atoms with van der Waals surface area (Å²) in [5, 5.41) is 42.5. The number of hydrazone groups is 2. The highest BCUT2D eigenvalue weighted by Crippen LogP contribution is 2.36. The van der Waals surface area contributed by atoms with Crippen molar-refractivity contribution in [1.29, 1.82) is 0 Å². The zero-order chi connectivity index (χ0) is 31.6. The lowest BCUT2D eigenvalue weighted by atomic mass is 10.1. The van der Waals surface area contributed by atoms with Crippen LogP contribution in [0.25, 0.3) is 11.3 Å². The standard InChI is InChI=1S/C24H20N4O5.2C4H10N2/c1-13-21(23(30)28(27-13)16-9-8-14-4-2-5-15(14)12-16)26-25-18-7-3-6-17(22(18)29)19-10-11-20(33-19)24(31)32;2*1-2-6-4-3-5-1/h3,6-12,25,29H,2,4-5H2,1H3,(H,31,32);2*5-6H,1-4H2/b26-21-;;. The van der Waals surface area contributed by atoms with Gasteiger partial charge in [-0.25, -0.2) is 4.79 Å². The molecule has 0 spiro atoms. The SMILES string of the molecule is C1CNCCN1.C1CNCCN1.CC1=NN(c2ccc3c(c2)CCC3)C(=O)/C1=N\Nc1cccc(-c2ccc(C(=O)O)o2)c1O. The number of benzene rings is 2. The molecule has 1 aromatic heterocycles. The number of nitrogens with zero attached hydrogens (tertiary/aromatic N) is 3. The van der Waals surface area contributed by atoms with Gasteiger partial charge in [0.1, 0.15) is 5.76 Å². The van der Waals surface area contributed by atoms with E-state index in [0.717, 1.165) is 71.6 Å². The molecular formula is C32H40N8O5. The van der Waals surface area contributed by atoms with Gasteiger partial charge in [-0.3, -0.25) is 10.2 Å². The summed E-state index contributed by atoms with van der Waals surface area (Å²) in [7, 11) is 0. The van der Waals surface area contributed by atoms with Crippen molar-refractivity contribution in [3.63, 3.8) is 0 Å². The number of carbonyl (C=O) groups excluding carboxylic acids is 1. The summed E-state index contributed by atoms with van der Waals surface area (Å²) >= 11 is 0. The maximum atomic E-state index is 13.0. The minimum Gasteiger partial charge on any atom is -0.505 e. The van der Waals surface area contributed by atoms with Crippen molar-refractivity contribution >= 4 is 34.7 Å². The van der Waals surface area contributed by atoms with Gasteiger partial charge in [0.15, 0.2) is 11.5 Å². The molecule has 13 nitrogen and oxygen atoms in total. The summed E-state index contributed by atoms with van der Waals surface area (Å²) in [5.74, 6) is -1.81. The van der Waals surface area contributed by atoms with Crippen molar-refractivity contribution in [2.24, 2.45) is 10.2 Å². The number of nitrogens with one attached hydrogen (secondary N) is 5. The average Bonchev–Trinajstić information content (AvgIpc) is 3.82. The van der Waals surface area contributed by atoms with E-state index in [-0.39, 0.29) is 40.1 Å². The summed E-state index contributed by atoms with van der Waals surface area (Å²) in [6.45, 7) is 10.8. The number of hydrogen-bond donors (Lipinski definition) is 7. The van der Waals surface area contributed by atoms with E-state index in [1.165, 1.54) is 28.3 Å². The number of amides is 1. The third-order valence-electron chi connectivity index (χ3n) is 7.63. The van der Waals surface area contributed by atoms with Crippen LogP contribution < -0.4 is 31.7 Å². The van der Waals surface area contributed by atoms with Gasteiger partial charge in [0, 0.05) is 52.4 Å². The van der Waals surface area contributed by atoms with Crippen LogP contribution in [0.3, 0.4) is 0 Å². The van der Waals surface area contributed by atoms with Gasteiger partial charge < -0.3 is 35.9 Å². The van der Waals surface area contributed by atoms with Crippen molar-refractivity contribution in [3.8, 4) is 17.1 Å². The summed E-state index contributed by atoms with van der Waals surface area (Å²) < 4.78 is 5.27. The second kappa shape index (κ2) is 15.4. The van der Waals surface area contributed by atoms with Gasteiger partial charge in [-0.15, -0.1) is 0 Å². The first-order chi connectivity index (χ1) is 21.9. The number of aromatic carboxylic acids is 1. The average molecular weight is 617 g/mol. The van der Waals surface area contributed by atoms with Crippen LogP contribution in [-0.2, 0) is 17.6 Å². The van der Waals surface area contributed by atoms with E-state index in [1.807, 2.05) is 18.2 Å². The molecule has 1 amide bonds. The van der Waals surface area contributed by atoms with E-state index in [9.17, 15) is 14.7 Å². The van der Waals surface area contributed by atoms with Crippen molar-refractivity contribution in [2.45, 2.75) is 26.2 Å². The lowest BCUT2D eigenvalue weighted by Gasteiger charge is -2.13. The topological polar surface area (TPSA) is 176 Å². The highest BCUT2D eigenvalue weighted by Gasteiger charge is 2.31. The molecule has 2 aromatic carbocycles. The molecule has 0 bridgehead atoms. The zero-order valence-electron chi connectivity index (χ0n) is 25.4. The quantitative estimate of drug-likeness (QED) is 0.166. The molecule has 45 heavy (non-hydrogen) atoms. The summed E-state index contributed by atoms with van der Waals surface area (Å²) in [6.07, 6.45) is 3.17. The smallest absolute Gasteiger partial charge is 0.371 e. The van der Waals surface area contributed by atoms with Crippen LogP contribution in [0.2, 0.25) is 0 Å². The molecule has 1 aliphatic carbocycles. The molecule has 3 aliphatic heterocycles. The predicted molar refractivity (Wildman–Crippen MR) is 174 cm³/mol. The third kappa shape index (κ3) is 8.13. The molecule has 2 fully saturated rings. The number of aryl methyl sites for hydroxylation is 2. The van der Waals surface area contributed by atoms with Gasteiger partial charge in [0.25, 0.3) is 0 Å². The lowest BCUT2D eigenvalue weighted by Crippen LogP contribution is -2.39. The minimum absolute atomic E-state index is 0.131. The van der Waals surface area contributed by atoms with Gasteiger partial charge in [-0.2, -0.15) is 15.2 Å². The Hall–Kier alpha value is -4.56. The maximum Gasteiger partial charge on any atom is 0.371 e. The summed E-state index contributed by atoms with van der Waals surface area (Å²) in [5.41, 5.74) is 7.06. The molecule has 13 heteroatoms. The number of hydrogen-bond acceptors (Lipinski definition) is 11. The number of phenols is 1. The van der Waals surface area contributed by atoms with Crippen molar-refractivity contribution in [1.82, 2.24) is 21.3 Å². The fraction of sp³-hybridized carbons (Fsp3) is 0.375. The van der Waals surface area contributed by atoms with Crippen LogP contribution in [0.1, 0.15) is 35.0 Å². The normalized spacial score (nSPS) is 18.3. The fourth-order valence-corrected chi connectivity index (χ4v) is 5.24. The third-order valence-corrected chi connectivity index (χ3v) is 7.63. The molecule has 0 saturated carbocycles. The largest absolute Gasteiger partial charge is 0.505 e. The first kappa shape index (κ1) is 31.9. The second-order valence-corrected chi connectivity index (χ2v) is 10.9. The number of aromatic hydroxyl groups is 1. The summed E-state index contributed by atoms with van der Waals surface area (Å²) in [4.78, 5) is 24.0.